The molecule has 1 aromatic heterocycles. The zero-order chi connectivity index (χ0) is 11.4. The first kappa shape index (κ1) is 11.0. The highest BCUT2D eigenvalue weighted by molar-refractivity contribution is 6.32. The van der Waals surface area contributed by atoms with E-state index in [0.29, 0.717) is 11.6 Å². The molecule has 0 aliphatic heterocycles. The summed E-state index contributed by atoms with van der Waals surface area (Å²) in [5, 5.41) is 15.3. The number of para-hydroxylation sites is 1. The van der Waals surface area contributed by atoms with Crippen LogP contribution in [0.15, 0.2) is 24.3 Å². The summed E-state index contributed by atoms with van der Waals surface area (Å²) in [6.07, 6.45) is 0. The van der Waals surface area contributed by atoms with E-state index < -0.39 is 0 Å². The monoisotopic (exact) mass is 237 g/mol. The predicted molar refractivity (Wildman–Crippen MR) is 61.5 cm³/mol. The van der Waals surface area contributed by atoms with Crippen molar-refractivity contribution in [2.75, 3.05) is 6.54 Å². The standard InChI is InChI=1S/C10H12ClN5/c1-2-12-7-10-13-14-15-16(10)9-6-4-3-5-8(9)11/h3-6,12H,2,7H2,1H3. The molecule has 2 aromatic rings. The Hall–Kier alpha value is -1.46. The van der Waals surface area contributed by atoms with E-state index >= 15 is 0 Å². The van der Waals surface area contributed by atoms with Crippen LogP contribution >= 0.6 is 11.6 Å². The van der Waals surface area contributed by atoms with Crippen molar-refractivity contribution in [3.05, 3.63) is 35.1 Å². The van der Waals surface area contributed by atoms with Crippen LogP contribution in [0.2, 0.25) is 5.02 Å². The smallest absolute Gasteiger partial charge is 0.170 e. The predicted octanol–water partition coefficient (Wildman–Crippen LogP) is 1.43. The fraction of sp³-hybridized carbons (Fsp3) is 0.300. The molecule has 84 valence electrons. The molecule has 0 unspecified atom stereocenters. The van der Waals surface area contributed by atoms with Gasteiger partial charge in [-0.2, -0.15) is 4.68 Å². The summed E-state index contributed by atoms with van der Waals surface area (Å²) < 4.78 is 1.64. The summed E-state index contributed by atoms with van der Waals surface area (Å²) in [4.78, 5) is 0. The van der Waals surface area contributed by atoms with Crippen molar-refractivity contribution in [1.29, 1.82) is 0 Å². The van der Waals surface area contributed by atoms with Gasteiger partial charge in [0.05, 0.1) is 17.3 Å². The van der Waals surface area contributed by atoms with Crippen LogP contribution in [-0.2, 0) is 6.54 Å². The first-order valence-corrected chi connectivity index (χ1v) is 5.43. The Labute approximate surface area is 98.4 Å². The van der Waals surface area contributed by atoms with E-state index in [1.807, 2.05) is 31.2 Å². The quantitative estimate of drug-likeness (QED) is 0.874. The van der Waals surface area contributed by atoms with Gasteiger partial charge in [0.15, 0.2) is 5.82 Å². The van der Waals surface area contributed by atoms with Crippen molar-refractivity contribution in [2.45, 2.75) is 13.5 Å². The van der Waals surface area contributed by atoms with Gasteiger partial charge in [-0.3, -0.25) is 0 Å². The van der Waals surface area contributed by atoms with E-state index in [-0.39, 0.29) is 0 Å². The van der Waals surface area contributed by atoms with Crippen LogP contribution in [0.1, 0.15) is 12.7 Å². The van der Waals surface area contributed by atoms with E-state index in [1.165, 1.54) is 0 Å². The van der Waals surface area contributed by atoms with Crippen LogP contribution < -0.4 is 5.32 Å². The molecule has 0 aliphatic carbocycles. The lowest BCUT2D eigenvalue weighted by Gasteiger charge is -2.06. The fourth-order valence-corrected chi connectivity index (χ4v) is 1.58. The van der Waals surface area contributed by atoms with E-state index in [0.717, 1.165) is 18.1 Å². The Morgan fingerprint density at radius 3 is 2.94 bits per heavy atom. The summed E-state index contributed by atoms with van der Waals surface area (Å²) in [6, 6.07) is 7.48. The summed E-state index contributed by atoms with van der Waals surface area (Å²) in [5.74, 6) is 0.745. The third-order valence-corrected chi connectivity index (χ3v) is 2.47. The molecule has 5 nitrogen and oxygen atoms in total. The summed E-state index contributed by atoms with van der Waals surface area (Å²) in [7, 11) is 0. The number of benzene rings is 1. The molecule has 1 aromatic carbocycles. The lowest BCUT2D eigenvalue weighted by Crippen LogP contribution is -2.16. The van der Waals surface area contributed by atoms with Gasteiger partial charge in [-0.25, -0.2) is 0 Å². The Morgan fingerprint density at radius 2 is 2.19 bits per heavy atom. The maximum absolute atomic E-state index is 6.08. The SMILES string of the molecule is CCNCc1nnnn1-c1ccccc1Cl. The molecule has 1 N–H and O–H groups in total. The number of nitrogens with zero attached hydrogens (tertiary/aromatic N) is 4. The number of hydrogen-bond acceptors (Lipinski definition) is 4. The topological polar surface area (TPSA) is 55.6 Å². The second-order valence-electron chi connectivity index (χ2n) is 3.24. The van der Waals surface area contributed by atoms with E-state index in [1.54, 1.807) is 4.68 Å². The minimum atomic E-state index is 0.620. The number of tetrazole rings is 1. The minimum Gasteiger partial charge on any atom is -0.310 e. The summed E-state index contributed by atoms with van der Waals surface area (Å²) >= 11 is 6.08. The van der Waals surface area contributed by atoms with Crippen molar-refractivity contribution >= 4 is 11.6 Å². The van der Waals surface area contributed by atoms with Crippen LogP contribution in [0.25, 0.3) is 5.69 Å². The van der Waals surface area contributed by atoms with Crippen molar-refractivity contribution < 1.29 is 0 Å². The lowest BCUT2D eigenvalue weighted by molar-refractivity contribution is 0.664. The molecule has 0 spiro atoms. The van der Waals surface area contributed by atoms with Crippen molar-refractivity contribution in [3.63, 3.8) is 0 Å². The van der Waals surface area contributed by atoms with Gasteiger partial charge in [0.2, 0.25) is 0 Å². The largest absolute Gasteiger partial charge is 0.310 e. The average molecular weight is 238 g/mol. The molecular weight excluding hydrogens is 226 g/mol. The van der Waals surface area contributed by atoms with E-state index in [2.05, 4.69) is 20.8 Å². The fourth-order valence-electron chi connectivity index (χ4n) is 1.36. The number of aromatic nitrogens is 4. The summed E-state index contributed by atoms with van der Waals surface area (Å²) in [6.45, 7) is 3.52. The molecule has 0 fully saturated rings. The third-order valence-electron chi connectivity index (χ3n) is 2.15. The molecule has 6 heteroatoms. The molecule has 0 saturated heterocycles. The summed E-state index contributed by atoms with van der Waals surface area (Å²) in [5.41, 5.74) is 0.794. The molecule has 16 heavy (non-hydrogen) atoms. The highest BCUT2D eigenvalue weighted by Gasteiger charge is 2.09. The third kappa shape index (κ3) is 2.20. The maximum atomic E-state index is 6.08. The van der Waals surface area contributed by atoms with Crippen LogP contribution in [0.4, 0.5) is 0 Å². The zero-order valence-corrected chi connectivity index (χ0v) is 9.65. The van der Waals surface area contributed by atoms with Gasteiger partial charge in [0.25, 0.3) is 0 Å². The van der Waals surface area contributed by atoms with Crippen molar-refractivity contribution in [1.82, 2.24) is 25.5 Å². The second kappa shape index (κ2) is 5.05. The zero-order valence-electron chi connectivity index (χ0n) is 8.89. The van der Waals surface area contributed by atoms with E-state index in [4.69, 9.17) is 11.6 Å². The molecule has 0 bridgehead atoms. The Balaban J connectivity index is 2.33. The van der Waals surface area contributed by atoms with Gasteiger partial charge in [0, 0.05) is 0 Å². The Morgan fingerprint density at radius 1 is 1.38 bits per heavy atom. The number of halogens is 1. The molecular formula is C10H12ClN5. The first-order valence-electron chi connectivity index (χ1n) is 5.05. The van der Waals surface area contributed by atoms with Crippen LogP contribution in [-0.4, -0.2) is 26.8 Å². The second-order valence-corrected chi connectivity index (χ2v) is 3.65. The van der Waals surface area contributed by atoms with Crippen LogP contribution in [0, 0.1) is 0 Å². The van der Waals surface area contributed by atoms with Gasteiger partial charge in [-0.15, -0.1) is 5.10 Å². The van der Waals surface area contributed by atoms with Crippen LogP contribution in [0.5, 0.6) is 0 Å². The van der Waals surface area contributed by atoms with Gasteiger partial charge in [0.1, 0.15) is 0 Å². The number of nitrogens with one attached hydrogen (secondary N) is 1. The first-order chi connectivity index (χ1) is 7.83. The number of rotatable bonds is 4. The van der Waals surface area contributed by atoms with Gasteiger partial charge in [-0.1, -0.05) is 30.7 Å². The van der Waals surface area contributed by atoms with Crippen molar-refractivity contribution in [3.8, 4) is 5.69 Å². The van der Waals surface area contributed by atoms with Gasteiger partial charge >= 0.3 is 0 Å². The van der Waals surface area contributed by atoms with Crippen molar-refractivity contribution in [2.24, 2.45) is 0 Å². The highest BCUT2D eigenvalue weighted by Crippen LogP contribution is 2.19. The van der Waals surface area contributed by atoms with E-state index in [9.17, 15) is 0 Å². The minimum absolute atomic E-state index is 0.620. The maximum Gasteiger partial charge on any atom is 0.170 e. The Bertz CT molecular complexity index is 468. The van der Waals surface area contributed by atoms with Crippen LogP contribution in [0.3, 0.4) is 0 Å². The van der Waals surface area contributed by atoms with Gasteiger partial charge < -0.3 is 5.32 Å². The normalized spacial score (nSPS) is 10.6. The lowest BCUT2D eigenvalue weighted by atomic mass is 10.3. The molecule has 2 rings (SSSR count). The molecule has 0 radical (unpaired) electrons. The molecule has 0 atom stereocenters. The number of hydrogen-bond donors (Lipinski definition) is 1. The molecule has 0 aliphatic rings. The average Bonchev–Trinajstić information content (AvgIpc) is 2.75. The molecule has 1 heterocycles. The van der Waals surface area contributed by atoms with Gasteiger partial charge in [-0.05, 0) is 29.1 Å². The molecule has 0 amide bonds. The highest BCUT2D eigenvalue weighted by atomic mass is 35.5. The Kier molecular flexibility index (Phi) is 3.48. The molecule has 0 saturated carbocycles.